The number of nitrogens with zero attached hydrogens (tertiary/aromatic N) is 2. The Morgan fingerprint density at radius 3 is 2.82 bits per heavy atom. The summed E-state index contributed by atoms with van der Waals surface area (Å²) < 4.78 is 5.96. The van der Waals surface area contributed by atoms with E-state index in [4.69, 9.17) is 4.74 Å². The highest BCUT2D eigenvalue weighted by atomic mass is 32.1. The molecule has 0 bridgehead atoms. The van der Waals surface area contributed by atoms with Gasteiger partial charge in [-0.3, -0.25) is 4.79 Å². The van der Waals surface area contributed by atoms with Gasteiger partial charge in [0.1, 0.15) is 5.01 Å². The van der Waals surface area contributed by atoms with E-state index in [1.807, 2.05) is 31.2 Å². The minimum absolute atomic E-state index is 0.176. The van der Waals surface area contributed by atoms with Gasteiger partial charge in [-0.15, -0.1) is 11.3 Å². The molecule has 0 unspecified atom stereocenters. The molecule has 0 saturated heterocycles. The number of thiazole rings is 1. The molecule has 1 aromatic heterocycles. The van der Waals surface area contributed by atoms with Crippen molar-refractivity contribution >= 4 is 33.4 Å². The molecular formula is C16H18N2O3S. The second-order valence-corrected chi connectivity index (χ2v) is 5.87. The summed E-state index contributed by atoms with van der Waals surface area (Å²) >= 11 is 1.56. The first-order chi connectivity index (χ1) is 10.5. The maximum atomic E-state index is 12.1. The molecule has 1 atom stereocenters. The maximum absolute atomic E-state index is 12.1. The normalized spacial score (nSPS) is 12.5. The highest BCUT2D eigenvalue weighted by Gasteiger charge is 2.21. The van der Waals surface area contributed by atoms with Gasteiger partial charge in [0, 0.05) is 13.1 Å². The first-order valence-corrected chi connectivity index (χ1v) is 7.75. The van der Waals surface area contributed by atoms with Crippen LogP contribution in [0.1, 0.15) is 24.9 Å². The monoisotopic (exact) mass is 318 g/mol. The van der Waals surface area contributed by atoms with Gasteiger partial charge in [0.2, 0.25) is 0 Å². The van der Waals surface area contributed by atoms with Crippen molar-refractivity contribution < 1.29 is 14.3 Å². The first kappa shape index (κ1) is 16.2. The minimum Gasteiger partial charge on any atom is -0.452 e. The Kier molecular flexibility index (Phi) is 5.27. The fourth-order valence-corrected chi connectivity index (χ4v) is 2.93. The summed E-state index contributed by atoms with van der Waals surface area (Å²) in [6.45, 7) is 3.35. The molecule has 0 aliphatic heterocycles. The molecule has 116 valence electrons. The lowest BCUT2D eigenvalue weighted by atomic mass is 10.3. The molecule has 0 radical (unpaired) electrons. The molecule has 2 rings (SSSR count). The molecule has 0 aliphatic carbocycles. The molecule has 1 amide bonds. The number of rotatable bonds is 5. The minimum atomic E-state index is -0.517. The number of para-hydroxylation sites is 1. The first-order valence-electron chi connectivity index (χ1n) is 6.93. The molecule has 0 saturated carbocycles. The van der Waals surface area contributed by atoms with Crippen LogP contribution in [0, 0.1) is 0 Å². The summed E-state index contributed by atoms with van der Waals surface area (Å²) in [6.07, 6.45) is 2.85. The summed E-state index contributed by atoms with van der Waals surface area (Å²) in [5.74, 6) is -0.776. The topological polar surface area (TPSA) is 59.5 Å². The number of fused-ring (bicyclic) bond motifs is 1. The zero-order chi connectivity index (χ0) is 16.1. The van der Waals surface area contributed by atoms with Gasteiger partial charge < -0.3 is 9.64 Å². The van der Waals surface area contributed by atoms with Crippen LogP contribution < -0.4 is 0 Å². The van der Waals surface area contributed by atoms with Crippen LogP contribution in [0.5, 0.6) is 0 Å². The van der Waals surface area contributed by atoms with Crippen molar-refractivity contribution in [1.82, 2.24) is 9.88 Å². The number of ether oxygens (including phenoxy) is 1. The van der Waals surface area contributed by atoms with Crippen molar-refractivity contribution in [2.24, 2.45) is 0 Å². The second kappa shape index (κ2) is 7.17. The highest BCUT2D eigenvalue weighted by Crippen LogP contribution is 2.28. The van der Waals surface area contributed by atoms with Crippen LogP contribution >= 0.6 is 11.3 Å². The third-order valence-corrected chi connectivity index (χ3v) is 4.49. The number of amides is 1. The zero-order valence-corrected chi connectivity index (χ0v) is 13.6. The Bertz CT molecular complexity index is 675. The van der Waals surface area contributed by atoms with Crippen LogP contribution in [-0.2, 0) is 14.3 Å². The van der Waals surface area contributed by atoms with Gasteiger partial charge in [0.25, 0.3) is 5.91 Å². The number of carbonyl (C=O) groups excluding carboxylic acids is 2. The van der Waals surface area contributed by atoms with Gasteiger partial charge in [-0.05, 0) is 26.0 Å². The second-order valence-electron chi connectivity index (χ2n) is 4.81. The quantitative estimate of drug-likeness (QED) is 0.628. The lowest BCUT2D eigenvalue weighted by Gasteiger charge is -2.22. The van der Waals surface area contributed by atoms with E-state index in [0.29, 0.717) is 0 Å². The van der Waals surface area contributed by atoms with Gasteiger partial charge in [-0.2, -0.15) is 0 Å². The van der Waals surface area contributed by atoms with E-state index in [2.05, 4.69) is 4.98 Å². The van der Waals surface area contributed by atoms with Gasteiger partial charge in [-0.25, -0.2) is 9.78 Å². The fourth-order valence-electron chi connectivity index (χ4n) is 1.87. The smallest absolute Gasteiger partial charge is 0.330 e. The van der Waals surface area contributed by atoms with Crippen LogP contribution in [-0.4, -0.2) is 35.4 Å². The van der Waals surface area contributed by atoms with Crippen molar-refractivity contribution in [3.05, 3.63) is 41.4 Å². The lowest BCUT2D eigenvalue weighted by molar-refractivity contribution is -0.148. The molecule has 0 aliphatic rings. The zero-order valence-electron chi connectivity index (χ0n) is 12.8. The fraction of sp³-hybridized carbons (Fsp3) is 0.312. The van der Waals surface area contributed by atoms with Crippen molar-refractivity contribution in [3.63, 3.8) is 0 Å². The van der Waals surface area contributed by atoms with Crippen molar-refractivity contribution in [2.45, 2.75) is 19.9 Å². The highest BCUT2D eigenvalue weighted by molar-refractivity contribution is 7.18. The van der Waals surface area contributed by atoms with E-state index in [0.717, 1.165) is 15.2 Å². The Hall–Kier alpha value is -2.21. The van der Waals surface area contributed by atoms with Crippen molar-refractivity contribution in [2.75, 3.05) is 13.7 Å². The molecule has 0 N–H and O–H groups in total. The molecule has 0 spiro atoms. The van der Waals surface area contributed by atoms with Crippen molar-refractivity contribution in [3.8, 4) is 0 Å². The summed E-state index contributed by atoms with van der Waals surface area (Å²) in [7, 11) is 1.68. The summed E-state index contributed by atoms with van der Waals surface area (Å²) in [5.41, 5.74) is 0.926. The Morgan fingerprint density at radius 2 is 2.14 bits per heavy atom. The number of likely N-dealkylation sites (N-methyl/N-ethyl adjacent to an activating group) is 1. The Balaban J connectivity index is 2.03. The summed E-state index contributed by atoms with van der Waals surface area (Å²) in [5, 5.41) is 0.858. The SMILES string of the molecule is C/C=C/C(=O)OCC(=O)N(C)[C@H](C)c1nc2ccccc2s1. The molecule has 22 heavy (non-hydrogen) atoms. The van der Waals surface area contributed by atoms with Crippen LogP contribution in [0.25, 0.3) is 10.2 Å². The molecular weight excluding hydrogens is 300 g/mol. The van der Waals surface area contributed by atoms with Crippen LogP contribution in [0.4, 0.5) is 0 Å². The summed E-state index contributed by atoms with van der Waals surface area (Å²) in [6, 6.07) is 7.67. The maximum Gasteiger partial charge on any atom is 0.330 e. The average Bonchev–Trinajstić information content (AvgIpc) is 2.95. The predicted octanol–water partition coefficient (Wildman–Crippen LogP) is 2.94. The van der Waals surface area contributed by atoms with Gasteiger partial charge in [-0.1, -0.05) is 18.2 Å². The van der Waals surface area contributed by atoms with Gasteiger partial charge >= 0.3 is 5.97 Å². The van der Waals surface area contributed by atoms with Crippen molar-refractivity contribution in [1.29, 1.82) is 0 Å². The molecule has 1 aromatic carbocycles. The summed E-state index contributed by atoms with van der Waals surface area (Å²) in [4.78, 5) is 29.4. The Morgan fingerprint density at radius 1 is 1.41 bits per heavy atom. The standard InChI is InChI=1S/C16H18N2O3S/c1-4-7-15(20)21-10-14(19)18(3)11(2)16-17-12-8-5-6-9-13(12)22-16/h4-9,11H,10H2,1-3H3/b7-4+/t11-/m1/s1. The third kappa shape index (κ3) is 3.71. The third-order valence-electron chi connectivity index (χ3n) is 3.28. The van der Waals surface area contributed by atoms with E-state index in [-0.39, 0.29) is 18.6 Å². The van der Waals surface area contributed by atoms with Crippen LogP contribution in [0.2, 0.25) is 0 Å². The van der Waals surface area contributed by atoms with Crippen LogP contribution in [0.3, 0.4) is 0 Å². The Labute approximate surface area is 133 Å². The van der Waals surface area contributed by atoms with Gasteiger partial charge in [0.15, 0.2) is 6.61 Å². The van der Waals surface area contributed by atoms with E-state index < -0.39 is 5.97 Å². The number of hydrogen-bond acceptors (Lipinski definition) is 5. The van der Waals surface area contributed by atoms with Crippen LogP contribution in [0.15, 0.2) is 36.4 Å². The van der Waals surface area contributed by atoms with Gasteiger partial charge in [0.05, 0.1) is 16.3 Å². The molecule has 0 fully saturated rings. The number of carbonyl (C=O) groups is 2. The largest absolute Gasteiger partial charge is 0.452 e. The predicted molar refractivity (Wildman–Crippen MR) is 86.6 cm³/mol. The molecule has 6 heteroatoms. The number of allylic oxidation sites excluding steroid dienone is 1. The average molecular weight is 318 g/mol. The lowest BCUT2D eigenvalue weighted by Crippen LogP contribution is -2.33. The van der Waals surface area contributed by atoms with E-state index in [1.54, 1.807) is 36.3 Å². The number of aromatic nitrogens is 1. The number of benzene rings is 1. The van der Waals surface area contributed by atoms with E-state index in [1.165, 1.54) is 6.08 Å². The van der Waals surface area contributed by atoms with E-state index in [9.17, 15) is 9.59 Å². The molecule has 5 nitrogen and oxygen atoms in total. The number of esters is 1. The van der Waals surface area contributed by atoms with E-state index >= 15 is 0 Å². The molecule has 2 aromatic rings. The number of hydrogen-bond donors (Lipinski definition) is 0. The molecule has 1 heterocycles.